The molecule has 1 aromatic carbocycles. The first-order valence-electron chi connectivity index (χ1n) is 20.2. The number of anilines is 3. The number of fused-ring (bicyclic) bond motifs is 2. The van der Waals surface area contributed by atoms with Crippen LogP contribution in [0.5, 0.6) is 0 Å². The average Bonchev–Trinajstić information content (AvgIpc) is 4.07. The number of aliphatic hydroxyl groups excluding tert-OH is 5. The first kappa shape index (κ1) is 42.5. The Balaban J connectivity index is 0.000000187. The molecular weight excluding hydrogens is 786 g/mol. The number of aryl methyl sites for hydroxylation is 1. The van der Waals surface area contributed by atoms with Crippen molar-refractivity contribution >= 4 is 57.3 Å². The van der Waals surface area contributed by atoms with Crippen LogP contribution < -0.4 is 16.4 Å². The number of nitrogens with one attached hydrogen (secondary N) is 2. The van der Waals surface area contributed by atoms with Gasteiger partial charge in [0.2, 0.25) is 11.2 Å². The van der Waals surface area contributed by atoms with Gasteiger partial charge in [0.1, 0.15) is 42.1 Å². The second-order valence-corrected chi connectivity index (χ2v) is 15.5. The molecular formula is C39H52ClN11O8. The van der Waals surface area contributed by atoms with Crippen LogP contribution in [0.3, 0.4) is 0 Å². The van der Waals surface area contributed by atoms with E-state index in [0.29, 0.717) is 53.1 Å². The van der Waals surface area contributed by atoms with E-state index < -0.39 is 55.7 Å². The largest absolute Gasteiger partial charge is 0.394 e. The van der Waals surface area contributed by atoms with E-state index in [1.54, 1.807) is 0 Å². The molecule has 19 nitrogen and oxygen atoms in total. The van der Waals surface area contributed by atoms with Crippen LogP contribution in [-0.4, -0.2) is 126 Å². The van der Waals surface area contributed by atoms with Gasteiger partial charge in [-0.15, -0.1) is 0 Å². The molecule has 5 aromatic rings. The third kappa shape index (κ3) is 9.12. The van der Waals surface area contributed by atoms with E-state index in [1.165, 1.54) is 45.8 Å². The van der Waals surface area contributed by atoms with Crippen LogP contribution in [0.1, 0.15) is 82.4 Å². The van der Waals surface area contributed by atoms with Gasteiger partial charge in [0.05, 0.1) is 19.3 Å². The predicted molar refractivity (Wildman–Crippen MR) is 217 cm³/mol. The molecule has 318 valence electrons. The van der Waals surface area contributed by atoms with Crippen LogP contribution in [0.2, 0.25) is 5.28 Å². The van der Waals surface area contributed by atoms with E-state index in [2.05, 4.69) is 71.7 Å². The summed E-state index contributed by atoms with van der Waals surface area (Å²) >= 11 is 6.07. The maximum absolute atomic E-state index is 12.3. The molecule has 4 aromatic heterocycles. The Kier molecular flexibility index (Phi) is 13.5. The van der Waals surface area contributed by atoms with Crippen molar-refractivity contribution in [3.8, 4) is 0 Å². The molecule has 20 heteroatoms. The van der Waals surface area contributed by atoms with Crippen molar-refractivity contribution in [3.05, 3.63) is 53.3 Å². The number of ether oxygens (including phenoxy) is 2. The number of Topliss-reactive ketones (excluding diaryl/α,β-unsaturated/α-hetero) is 1. The standard InChI is InChI=1S/C24H32N6O4.C15H20ClN5O4/c1-3-5-14-7-9-15(10-8-14)11-12-26-24-28-21(25)17-22(29-24)30(13-27-17)23-19(33)18(32)20(34-23)16(31)6-4-2;16-15-19-12(18-7-3-1-2-4-7)9-13(20-15)21(6-17-9)14-11(24)10(23)8(5-22)25-14/h7-10,13,18-20,23,32-33H,3-6,11-12H2,1-2H3,(H3,25,26,28,29);6-8,10-11,14,22-24H,1-5H2,(H,18,19,20)/t18?,19?,20-,23-;8-,10?,11?,14-/m11/s1. The number of hydrogen-bond donors (Lipinski definition) is 8. The number of nitrogen functional groups attached to an aromatic ring is 1. The Morgan fingerprint density at radius 1 is 0.831 bits per heavy atom. The summed E-state index contributed by atoms with van der Waals surface area (Å²) in [6.07, 6.45) is 2.29. The molecule has 8 rings (SSSR count). The number of hydrogen-bond acceptors (Lipinski definition) is 17. The highest BCUT2D eigenvalue weighted by molar-refractivity contribution is 6.28. The van der Waals surface area contributed by atoms with Crippen molar-refractivity contribution in [1.29, 1.82) is 0 Å². The number of benzene rings is 1. The van der Waals surface area contributed by atoms with Crippen LogP contribution in [0.15, 0.2) is 36.9 Å². The summed E-state index contributed by atoms with van der Waals surface area (Å²) in [7, 11) is 0. The number of carbonyl (C=O) groups is 1. The number of halogens is 1. The van der Waals surface area contributed by atoms with Crippen molar-refractivity contribution in [2.75, 3.05) is 29.5 Å². The zero-order valence-corrected chi connectivity index (χ0v) is 33.7. The Labute approximate surface area is 345 Å². The summed E-state index contributed by atoms with van der Waals surface area (Å²) in [5, 5.41) is 57.0. The first-order valence-corrected chi connectivity index (χ1v) is 20.5. The SMILES string of the molecule is CCCC(=O)[C@H]1O[C@@H](n2cnc3c(N)nc(NCCc4ccc(CCC)cc4)nc32)C(O)C1O.OC[C@H]1O[C@@H](n2cnc3c(NC4CCCC4)nc(Cl)nc32)C(O)C1O. The number of imidazole rings is 2. The molecule has 2 saturated heterocycles. The number of nitrogens with two attached hydrogens (primary N) is 1. The van der Waals surface area contributed by atoms with Gasteiger partial charge in [0, 0.05) is 19.0 Å². The van der Waals surface area contributed by atoms with E-state index in [-0.39, 0.29) is 23.3 Å². The van der Waals surface area contributed by atoms with Crippen molar-refractivity contribution < 1.29 is 39.8 Å². The van der Waals surface area contributed by atoms with Gasteiger partial charge in [0.25, 0.3) is 0 Å². The molecule has 3 aliphatic rings. The average molecular weight is 838 g/mol. The topological polar surface area (TPSA) is 274 Å². The maximum Gasteiger partial charge on any atom is 0.226 e. The first-order chi connectivity index (χ1) is 28.5. The zero-order valence-electron chi connectivity index (χ0n) is 32.9. The number of carbonyl (C=O) groups excluding carboxylic acids is 1. The summed E-state index contributed by atoms with van der Waals surface area (Å²) in [4.78, 5) is 38.1. The fourth-order valence-electron chi connectivity index (χ4n) is 7.78. The molecule has 0 radical (unpaired) electrons. The summed E-state index contributed by atoms with van der Waals surface area (Å²) < 4.78 is 14.3. The Morgan fingerprint density at radius 3 is 2.10 bits per heavy atom. The van der Waals surface area contributed by atoms with E-state index >= 15 is 0 Å². The van der Waals surface area contributed by atoms with Crippen LogP contribution >= 0.6 is 11.6 Å². The number of aromatic nitrogens is 8. The van der Waals surface area contributed by atoms with Crippen LogP contribution in [-0.2, 0) is 27.1 Å². The lowest BCUT2D eigenvalue weighted by atomic mass is 10.0. The van der Waals surface area contributed by atoms with Crippen molar-refractivity contribution in [2.45, 2.75) is 127 Å². The van der Waals surface area contributed by atoms with Gasteiger partial charge in [-0.2, -0.15) is 19.9 Å². The van der Waals surface area contributed by atoms with Gasteiger partial charge in [-0.05, 0) is 54.8 Å². The highest BCUT2D eigenvalue weighted by Crippen LogP contribution is 2.35. The van der Waals surface area contributed by atoms with Crippen molar-refractivity contribution in [3.63, 3.8) is 0 Å². The number of ketones is 1. The van der Waals surface area contributed by atoms with Crippen molar-refractivity contribution in [1.82, 2.24) is 39.0 Å². The maximum atomic E-state index is 12.3. The van der Waals surface area contributed by atoms with E-state index in [4.69, 9.17) is 26.8 Å². The Hall–Kier alpha value is -4.60. The van der Waals surface area contributed by atoms with Gasteiger partial charge in [-0.25, -0.2) is 9.97 Å². The summed E-state index contributed by atoms with van der Waals surface area (Å²) in [6, 6.07) is 8.88. The lowest BCUT2D eigenvalue weighted by Gasteiger charge is -2.17. The minimum absolute atomic E-state index is 0.0569. The molecule has 1 saturated carbocycles. The van der Waals surface area contributed by atoms with Crippen LogP contribution in [0.25, 0.3) is 22.3 Å². The molecule has 1 aliphatic carbocycles. The number of rotatable bonds is 14. The van der Waals surface area contributed by atoms with Crippen molar-refractivity contribution in [2.24, 2.45) is 0 Å². The fourth-order valence-corrected chi connectivity index (χ4v) is 7.94. The zero-order chi connectivity index (χ0) is 41.8. The predicted octanol–water partition coefficient (Wildman–Crippen LogP) is 2.45. The van der Waals surface area contributed by atoms with Gasteiger partial charge >= 0.3 is 0 Å². The summed E-state index contributed by atoms with van der Waals surface area (Å²) in [5.74, 6) is 0.801. The molecule has 0 bridgehead atoms. The summed E-state index contributed by atoms with van der Waals surface area (Å²) in [6.45, 7) is 4.23. The minimum atomic E-state index is -1.33. The Morgan fingerprint density at radius 2 is 1.46 bits per heavy atom. The third-order valence-electron chi connectivity index (χ3n) is 10.9. The monoisotopic (exact) mass is 837 g/mol. The molecule has 3 fully saturated rings. The molecule has 0 spiro atoms. The normalized spacial score (nSPS) is 25.8. The van der Waals surface area contributed by atoms with E-state index in [1.807, 2.05) is 6.92 Å². The quantitative estimate of drug-likeness (QED) is 0.0746. The minimum Gasteiger partial charge on any atom is -0.394 e. The number of nitrogens with zero attached hydrogens (tertiary/aromatic N) is 8. The highest BCUT2D eigenvalue weighted by Gasteiger charge is 2.47. The lowest BCUT2D eigenvalue weighted by Crippen LogP contribution is -2.35. The smallest absolute Gasteiger partial charge is 0.226 e. The second-order valence-electron chi connectivity index (χ2n) is 15.2. The molecule has 9 N–H and O–H groups in total. The number of aliphatic hydroxyl groups is 5. The Bertz CT molecular complexity index is 2200. The molecule has 8 atom stereocenters. The highest BCUT2D eigenvalue weighted by atomic mass is 35.5. The van der Waals surface area contributed by atoms with Gasteiger partial charge in [0.15, 0.2) is 46.7 Å². The van der Waals surface area contributed by atoms with Gasteiger partial charge in [-0.3, -0.25) is 13.9 Å². The van der Waals surface area contributed by atoms with E-state index in [9.17, 15) is 30.3 Å². The van der Waals surface area contributed by atoms with Crippen LogP contribution in [0, 0.1) is 0 Å². The van der Waals surface area contributed by atoms with Gasteiger partial charge < -0.3 is 51.4 Å². The van der Waals surface area contributed by atoms with E-state index in [0.717, 1.165) is 32.1 Å². The van der Waals surface area contributed by atoms with Crippen LogP contribution in [0.4, 0.5) is 17.6 Å². The molecule has 0 amide bonds. The summed E-state index contributed by atoms with van der Waals surface area (Å²) in [5.41, 5.74) is 10.2. The molecule has 6 heterocycles. The molecule has 59 heavy (non-hydrogen) atoms. The molecule has 4 unspecified atom stereocenters. The fraction of sp³-hybridized carbons (Fsp3) is 0.564. The second kappa shape index (κ2) is 18.8. The third-order valence-corrected chi connectivity index (χ3v) is 11.1. The lowest BCUT2D eigenvalue weighted by molar-refractivity contribution is -0.135. The van der Waals surface area contributed by atoms with Gasteiger partial charge in [-0.1, -0.05) is 57.4 Å². The molecule has 2 aliphatic heterocycles.